The zero-order chi connectivity index (χ0) is 13.7. The normalized spacial score (nSPS) is 31.4. The maximum Gasteiger partial charge on any atom is 0.249 e. The smallest absolute Gasteiger partial charge is 0.249 e. The predicted molar refractivity (Wildman–Crippen MR) is 80.0 cm³/mol. The highest BCUT2D eigenvalue weighted by molar-refractivity contribution is 5.85. The number of halogens is 1. The van der Waals surface area contributed by atoms with Crippen LogP contribution in [0.4, 0.5) is 0 Å². The number of carbonyl (C=O) groups is 1. The van der Waals surface area contributed by atoms with Gasteiger partial charge in [0.05, 0.1) is 12.7 Å². The topological polar surface area (TPSA) is 73.6 Å². The van der Waals surface area contributed by atoms with E-state index in [9.17, 15) is 4.79 Å². The number of ether oxygens (including phenoxy) is 2. The van der Waals surface area contributed by atoms with Crippen molar-refractivity contribution in [2.75, 3.05) is 13.2 Å². The maximum absolute atomic E-state index is 12.0. The Bertz CT molecular complexity index is 290. The molecule has 1 saturated carbocycles. The first kappa shape index (κ1) is 17.7. The van der Waals surface area contributed by atoms with Crippen LogP contribution in [0.5, 0.6) is 0 Å². The van der Waals surface area contributed by atoms with Crippen LogP contribution in [0.2, 0.25) is 0 Å². The van der Waals surface area contributed by atoms with Gasteiger partial charge in [-0.15, -0.1) is 12.4 Å². The average Bonchev–Trinajstić information content (AvgIpc) is 2.91. The van der Waals surface area contributed by atoms with Crippen LogP contribution in [0.3, 0.4) is 0 Å². The minimum Gasteiger partial charge on any atom is -0.376 e. The molecule has 1 amide bonds. The van der Waals surface area contributed by atoms with Gasteiger partial charge in [-0.05, 0) is 45.4 Å². The molecular formula is C14H27ClN2O3. The number of nitrogens with two attached hydrogens (primary N) is 1. The van der Waals surface area contributed by atoms with Crippen molar-refractivity contribution < 1.29 is 14.3 Å². The van der Waals surface area contributed by atoms with Gasteiger partial charge in [0.15, 0.2) is 0 Å². The predicted octanol–water partition coefficient (Wildman–Crippen LogP) is 1.38. The van der Waals surface area contributed by atoms with Gasteiger partial charge in [-0.3, -0.25) is 4.79 Å². The van der Waals surface area contributed by atoms with Gasteiger partial charge < -0.3 is 20.5 Å². The molecule has 2 atom stereocenters. The Balaban J connectivity index is 0.00000200. The molecule has 118 valence electrons. The summed E-state index contributed by atoms with van der Waals surface area (Å²) in [6.07, 6.45) is 5.84. The van der Waals surface area contributed by atoms with E-state index in [1.165, 1.54) is 0 Å². The first-order valence-corrected chi connectivity index (χ1v) is 7.44. The monoisotopic (exact) mass is 306 g/mol. The fourth-order valence-electron chi connectivity index (χ4n) is 2.69. The highest BCUT2D eigenvalue weighted by Crippen LogP contribution is 2.17. The molecular weight excluding hydrogens is 280 g/mol. The lowest BCUT2D eigenvalue weighted by Crippen LogP contribution is -2.45. The number of hydrogen-bond acceptors (Lipinski definition) is 4. The average molecular weight is 307 g/mol. The summed E-state index contributed by atoms with van der Waals surface area (Å²) in [4.78, 5) is 12.0. The van der Waals surface area contributed by atoms with Gasteiger partial charge >= 0.3 is 0 Å². The van der Waals surface area contributed by atoms with E-state index in [4.69, 9.17) is 15.2 Å². The zero-order valence-electron chi connectivity index (χ0n) is 12.2. The molecule has 0 bridgehead atoms. The molecule has 0 radical (unpaired) electrons. The molecule has 20 heavy (non-hydrogen) atoms. The van der Waals surface area contributed by atoms with Gasteiger partial charge in [-0.2, -0.15) is 0 Å². The first-order chi connectivity index (χ1) is 9.15. The lowest BCUT2D eigenvalue weighted by atomic mass is 9.92. The molecule has 1 aliphatic carbocycles. The SMILES string of the molecule is CC(OCC1CCCO1)C(=O)NC1CCC(N)CC1.Cl. The van der Waals surface area contributed by atoms with Crippen LogP contribution < -0.4 is 11.1 Å². The summed E-state index contributed by atoms with van der Waals surface area (Å²) in [6, 6.07) is 0.572. The molecule has 6 heteroatoms. The van der Waals surface area contributed by atoms with E-state index in [0.29, 0.717) is 12.6 Å². The highest BCUT2D eigenvalue weighted by atomic mass is 35.5. The fourth-order valence-corrected chi connectivity index (χ4v) is 2.69. The molecule has 0 aromatic carbocycles. The van der Waals surface area contributed by atoms with Crippen LogP contribution >= 0.6 is 12.4 Å². The summed E-state index contributed by atoms with van der Waals surface area (Å²) in [5.74, 6) is -0.0153. The van der Waals surface area contributed by atoms with E-state index in [2.05, 4.69) is 5.32 Å². The second kappa shape index (κ2) is 8.82. The molecule has 1 heterocycles. The third kappa shape index (κ3) is 5.56. The van der Waals surface area contributed by atoms with E-state index in [-0.39, 0.29) is 30.5 Å². The number of rotatable bonds is 5. The van der Waals surface area contributed by atoms with Gasteiger partial charge in [-0.25, -0.2) is 0 Å². The Morgan fingerprint density at radius 3 is 2.65 bits per heavy atom. The Labute approximate surface area is 127 Å². The fraction of sp³-hybridized carbons (Fsp3) is 0.929. The molecule has 0 spiro atoms. The standard InChI is InChI=1S/C14H26N2O3.ClH/c1-10(19-9-13-3-2-8-18-13)14(17)16-12-6-4-11(15)5-7-12;/h10-13H,2-9,15H2,1H3,(H,16,17);1H. The quantitative estimate of drug-likeness (QED) is 0.805. The van der Waals surface area contributed by atoms with E-state index in [1.54, 1.807) is 6.92 Å². The summed E-state index contributed by atoms with van der Waals surface area (Å²) in [7, 11) is 0. The van der Waals surface area contributed by atoms with Crippen molar-refractivity contribution in [3.05, 3.63) is 0 Å². The van der Waals surface area contributed by atoms with Gasteiger partial charge in [0.25, 0.3) is 0 Å². The van der Waals surface area contributed by atoms with Crippen LogP contribution in [0.25, 0.3) is 0 Å². The lowest BCUT2D eigenvalue weighted by molar-refractivity contribution is -0.134. The minimum absolute atomic E-state index is 0. The Morgan fingerprint density at radius 1 is 1.35 bits per heavy atom. The summed E-state index contributed by atoms with van der Waals surface area (Å²) in [5.41, 5.74) is 5.85. The second-order valence-corrected chi connectivity index (χ2v) is 5.73. The molecule has 5 nitrogen and oxygen atoms in total. The molecule has 1 saturated heterocycles. The van der Waals surface area contributed by atoms with Crippen molar-refractivity contribution in [1.82, 2.24) is 5.32 Å². The van der Waals surface area contributed by atoms with Crippen LogP contribution in [0.15, 0.2) is 0 Å². The second-order valence-electron chi connectivity index (χ2n) is 5.73. The molecule has 2 rings (SSSR count). The molecule has 0 aromatic rings. The molecule has 0 aromatic heterocycles. The minimum atomic E-state index is -0.403. The first-order valence-electron chi connectivity index (χ1n) is 7.44. The van der Waals surface area contributed by atoms with Crippen molar-refractivity contribution >= 4 is 18.3 Å². The summed E-state index contributed by atoms with van der Waals surface area (Å²) in [5, 5.41) is 3.05. The van der Waals surface area contributed by atoms with Crippen molar-refractivity contribution in [2.24, 2.45) is 5.73 Å². The number of carbonyl (C=O) groups excluding carboxylic acids is 1. The van der Waals surface area contributed by atoms with Crippen LogP contribution in [-0.4, -0.2) is 43.4 Å². The van der Waals surface area contributed by atoms with Crippen molar-refractivity contribution in [2.45, 2.75) is 69.7 Å². The molecule has 1 aliphatic heterocycles. The van der Waals surface area contributed by atoms with Crippen LogP contribution in [-0.2, 0) is 14.3 Å². The summed E-state index contributed by atoms with van der Waals surface area (Å²) >= 11 is 0. The number of amides is 1. The van der Waals surface area contributed by atoms with Gasteiger partial charge in [0.2, 0.25) is 5.91 Å². The number of nitrogens with one attached hydrogen (secondary N) is 1. The number of hydrogen-bond donors (Lipinski definition) is 2. The lowest BCUT2D eigenvalue weighted by Gasteiger charge is -2.28. The van der Waals surface area contributed by atoms with E-state index in [1.807, 2.05) is 0 Å². The molecule has 2 unspecified atom stereocenters. The third-order valence-corrected chi connectivity index (χ3v) is 4.04. The maximum atomic E-state index is 12.0. The van der Waals surface area contributed by atoms with Crippen molar-refractivity contribution in [3.8, 4) is 0 Å². The van der Waals surface area contributed by atoms with Crippen LogP contribution in [0, 0.1) is 0 Å². The summed E-state index contributed by atoms with van der Waals surface area (Å²) in [6.45, 7) is 3.14. The highest BCUT2D eigenvalue weighted by Gasteiger charge is 2.24. The zero-order valence-corrected chi connectivity index (χ0v) is 13.0. The molecule has 2 fully saturated rings. The van der Waals surface area contributed by atoms with Gasteiger partial charge in [-0.1, -0.05) is 0 Å². The van der Waals surface area contributed by atoms with E-state index in [0.717, 1.165) is 45.1 Å². The Morgan fingerprint density at radius 2 is 2.05 bits per heavy atom. The van der Waals surface area contributed by atoms with Crippen molar-refractivity contribution in [3.63, 3.8) is 0 Å². The molecule has 3 N–H and O–H groups in total. The van der Waals surface area contributed by atoms with Gasteiger partial charge in [0.1, 0.15) is 6.10 Å². The van der Waals surface area contributed by atoms with Crippen molar-refractivity contribution in [1.29, 1.82) is 0 Å². The Kier molecular flexibility index (Phi) is 7.80. The van der Waals surface area contributed by atoms with E-state index >= 15 is 0 Å². The Hall–Kier alpha value is -0.360. The summed E-state index contributed by atoms with van der Waals surface area (Å²) < 4.78 is 11.1. The third-order valence-electron chi connectivity index (χ3n) is 4.04. The van der Waals surface area contributed by atoms with Crippen LogP contribution in [0.1, 0.15) is 45.4 Å². The largest absolute Gasteiger partial charge is 0.376 e. The molecule has 2 aliphatic rings. The van der Waals surface area contributed by atoms with Gasteiger partial charge in [0, 0.05) is 18.7 Å². The van der Waals surface area contributed by atoms with E-state index < -0.39 is 6.10 Å².